The van der Waals surface area contributed by atoms with Gasteiger partial charge in [0.05, 0.1) is 0 Å². The molecule has 0 saturated carbocycles. The SMILES string of the molecule is CCCCC(CC)CC(NC)c1cc(C)c(C)s1. The molecule has 0 amide bonds. The molecule has 1 heterocycles. The first-order chi connectivity index (χ1) is 8.62. The maximum absolute atomic E-state index is 3.51. The van der Waals surface area contributed by atoms with Gasteiger partial charge in [-0.05, 0) is 44.9 Å². The fourth-order valence-corrected chi connectivity index (χ4v) is 3.63. The molecular weight excluding hydrogens is 238 g/mol. The normalized spacial score (nSPS) is 14.7. The molecule has 0 fully saturated rings. The first-order valence-corrected chi connectivity index (χ1v) is 8.18. The molecule has 1 N–H and O–H groups in total. The van der Waals surface area contributed by atoms with Crippen molar-refractivity contribution in [2.24, 2.45) is 5.92 Å². The molecule has 1 rings (SSSR count). The van der Waals surface area contributed by atoms with Gasteiger partial charge in [0, 0.05) is 15.8 Å². The summed E-state index contributed by atoms with van der Waals surface area (Å²) in [5, 5.41) is 3.51. The maximum atomic E-state index is 3.51. The average Bonchev–Trinajstić information content (AvgIpc) is 2.70. The van der Waals surface area contributed by atoms with Crippen LogP contribution >= 0.6 is 11.3 Å². The predicted molar refractivity (Wildman–Crippen MR) is 83.5 cm³/mol. The third-order valence-electron chi connectivity index (χ3n) is 3.99. The van der Waals surface area contributed by atoms with E-state index in [2.05, 4.69) is 46.1 Å². The minimum absolute atomic E-state index is 0.546. The van der Waals surface area contributed by atoms with Gasteiger partial charge in [0.25, 0.3) is 0 Å². The number of hydrogen-bond acceptors (Lipinski definition) is 2. The van der Waals surface area contributed by atoms with Gasteiger partial charge in [0.15, 0.2) is 0 Å². The molecule has 0 bridgehead atoms. The standard InChI is InChI=1S/C16H29NS/c1-6-8-9-14(7-2)11-15(17-5)16-10-12(3)13(4)18-16/h10,14-15,17H,6-9,11H2,1-5H3. The van der Waals surface area contributed by atoms with Gasteiger partial charge in [-0.25, -0.2) is 0 Å². The van der Waals surface area contributed by atoms with Crippen LogP contribution in [0.15, 0.2) is 6.07 Å². The van der Waals surface area contributed by atoms with Crippen molar-refractivity contribution in [3.05, 3.63) is 21.4 Å². The fourth-order valence-electron chi connectivity index (χ4n) is 2.46. The Bertz CT molecular complexity index is 323. The van der Waals surface area contributed by atoms with E-state index in [0.717, 1.165) is 5.92 Å². The van der Waals surface area contributed by atoms with E-state index in [1.807, 2.05) is 11.3 Å². The van der Waals surface area contributed by atoms with Crippen molar-refractivity contribution in [3.8, 4) is 0 Å². The lowest BCUT2D eigenvalue weighted by Gasteiger charge is -2.21. The third kappa shape index (κ3) is 4.40. The van der Waals surface area contributed by atoms with Crippen LogP contribution < -0.4 is 5.32 Å². The van der Waals surface area contributed by atoms with Gasteiger partial charge in [-0.15, -0.1) is 11.3 Å². The van der Waals surface area contributed by atoms with Crippen LogP contribution in [0.1, 0.15) is 67.3 Å². The molecule has 0 aromatic carbocycles. The molecule has 2 heteroatoms. The first kappa shape index (κ1) is 15.7. The summed E-state index contributed by atoms with van der Waals surface area (Å²) in [6.07, 6.45) is 6.66. The lowest BCUT2D eigenvalue weighted by molar-refractivity contribution is 0.367. The topological polar surface area (TPSA) is 12.0 Å². The van der Waals surface area contributed by atoms with Crippen LogP contribution in [0.4, 0.5) is 0 Å². The van der Waals surface area contributed by atoms with E-state index in [4.69, 9.17) is 0 Å². The van der Waals surface area contributed by atoms with E-state index in [0.29, 0.717) is 6.04 Å². The van der Waals surface area contributed by atoms with Crippen molar-refractivity contribution in [2.75, 3.05) is 7.05 Å². The zero-order chi connectivity index (χ0) is 13.5. The second-order valence-electron chi connectivity index (χ2n) is 5.38. The number of hydrogen-bond donors (Lipinski definition) is 1. The van der Waals surface area contributed by atoms with Crippen molar-refractivity contribution >= 4 is 11.3 Å². The Kier molecular flexibility index (Phi) is 6.95. The van der Waals surface area contributed by atoms with E-state index in [1.54, 1.807) is 0 Å². The van der Waals surface area contributed by atoms with Gasteiger partial charge >= 0.3 is 0 Å². The molecule has 104 valence electrons. The Morgan fingerprint density at radius 2 is 2.00 bits per heavy atom. The lowest BCUT2D eigenvalue weighted by atomic mass is 9.91. The predicted octanol–water partition coefficient (Wildman–Crippen LogP) is 5.23. The Balaban J connectivity index is 2.65. The summed E-state index contributed by atoms with van der Waals surface area (Å²) >= 11 is 1.96. The molecule has 1 nitrogen and oxygen atoms in total. The number of aryl methyl sites for hydroxylation is 2. The Morgan fingerprint density at radius 1 is 1.28 bits per heavy atom. The van der Waals surface area contributed by atoms with Crippen molar-refractivity contribution < 1.29 is 0 Å². The summed E-state index contributed by atoms with van der Waals surface area (Å²) in [4.78, 5) is 2.98. The summed E-state index contributed by atoms with van der Waals surface area (Å²) in [6.45, 7) is 9.06. The first-order valence-electron chi connectivity index (χ1n) is 7.36. The molecule has 2 unspecified atom stereocenters. The van der Waals surface area contributed by atoms with Crippen LogP contribution in [0.25, 0.3) is 0 Å². The van der Waals surface area contributed by atoms with Gasteiger partial charge < -0.3 is 5.32 Å². The van der Waals surface area contributed by atoms with E-state index in [1.165, 1.54) is 47.4 Å². The highest BCUT2D eigenvalue weighted by atomic mass is 32.1. The minimum Gasteiger partial charge on any atom is -0.312 e. The van der Waals surface area contributed by atoms with Gasteiger partial charge in [0.1, 0.15) is 0 Å². The second-order valence-corrected chi connectivity index (χ2v) is 6.67. The smallest absolute Gasteiger partial charge is 0.0415 e. The van der Waals surface area contributed by atoms with Gasteiger partial charge in [-0.3, -0.25) is 0 Å². The monoisotopic (exact) mass is 267 g/mol. The molecule has 1 aromatic heterocycles. The average molecular weight is 267 g/mol. The molecule has 2 atom stereocenters. The summed E-state index contributed by atoms with van der Waals surface area (Å²) in [6, 6.07) is 2.91. The Labute approximate surface area is 117 Å². The van der Waals surface area contributed by atoms with Crippen LogP contribution in [0.2, 0.25) is 0 Å². The quantitative estimate of drug-likeness (QED) is 0.680. The number of thiophene rings is 1. The van der Waals surface area contributed by atoms with E-state index in [9.17, 15) is 0 Å². The van der Waals surface area contributed by atoms with Gasteiger partial charge in [0.2, 0.25) is 0 Å². The summed E-state index contributed by atoms with van der Waals surface area (Å²) in [5.74, 6) is 0.866. The summed E-state index contributed by atoms with van der Waals surface area (Å²) in [5.41, 5.74) is 1.44. The fraction of sp³-hybridized carbons (Fsp3) is 0.750. The molecule has 18 heavy (non-hydrogen) atoms. The Morgan fingerprint density at radius 3 is 2.44 bits per heavy atom. The van der Waals surface area contributed by atoms with Gasteiger partial charge in [-0.1, -0.05) is 39.5 Å². The molecule has 0 saturated heterocycles. The number of rotatable bonds is 8. The third-order valence-corrected chi connectivity index (χ3v) is 5.26. The highest BCUT2D eigenvalue weighted by Gasteiger charge is 2.17. The molecule has 0 spiro atoms. The van der Waals surface area contributed by atoms with Crippen LogP contribution in [-0.4, -0.2) is 7.05 Å². The van der Waals surface area contributed by atoms with Crippen molar-refractivity contribution in [2.45, 2.75) is 65.8 Å². The molecule has 0 aliphatic rings. The van der Waals surface area contributed by atoms with Crippen molar-refractivity contribution in [1.82, 2.24) is 5.32 Å². The van der Waals surface area contributed by atoms with Crippen LogP contribution in [0.3, 0.4) is 0 Å². The van der Waals surface area contributed by atoms with E-state index < -0.39 is 0 Å². The zero-order valence-electron chi connectivity index (χ0n) is 12.7. The molecular formula is C16H29NS. The second kappa shape index (κ2) is 7.96. The maximum Gasteiger partial charge on any atom is 0.0415 e. The minimum atomic E-state index is 0.546. The highest BCUT2D eigenvalue weighted by molar-refractivity contribution is 7.12. The molecule has 1 aromatic rings. The highest BCUT2D eigenvalue weighted by Crippen LogP contribution is 2.32. The van der Waals surface area contributed by atoms with Crippen LogP contribution in [-0.2, 0) is 0 Å². The van der Waals surface area contributed by atoms with E-state index in [-0.39, 0.29) is 0 Å². The summed E-state index contributed by atoms with van der Waals surface area (Å²) < 4.78 is 0. The Hall–Kier alpha value is -0.340. The molecule has 0 radical (unpaired) electrons. The summed E-state index contributed by atoms with van der Waals surface area (Å²) in [7, 11) is 2.10. The zero-order valence-corrected chi connectivity index (χ0v) is 13.5. The lowest BCUT2D eigenvalue weighted by Crippen LogP contribution is -2.19. The van der Waals surface area contributed by atoms with Crippen molar-refractivity contribution in [3.63, 3.8) is 0 Å². The van der Waals surface area contributed by atoms with Gasteiger partial charge in [-0.2, -0.15) is 0 Å². The van der Waals surface area contributed by atoms with Crippen LogP contribution in [0.5, 0.6) is 0 Å². The van der Waals surface area contributed by atoms with E-state index >= 15 is 0 Å². The number of nitrogens with one attached hydrogen (secondary N) is 1. The molecule has 0 aliphatic heterocycles. The van der Waals surface area contributed by atoms with Crippen LogP contribution in [0, 0.1) is 19.8 Å². The number of unbranched alkanes of at least 4 members (excludes halogenated alkanes) is 1. The van der Waals surface area contributed by atoms with Crippen molar-refractivity contribution in [1.29, 1.82) is 0 Å². The molecule has 0 aliphatic carbocycles. The largest absolute Gasteiger partial charge is 0.312 e.